The Morgan fingerprint density at radius 2 is 1.70 bits per heavy atom. The molecular weight excluding hydrogens is 416 g/mol. The van der Waals surface area contributed by atoms with Crippen LogP contribution < -0.4 is 15.4 Å². The molecule has 1 aliphatic heterocycles. The topological polar surface area (TPSA) is 76.7 Å². The monoisotopic (exact) mass is 444 g/mol. The maximum Gasteiger partial charge on any atom is 0.262 e. The lowest BCUT2D eigenvalue weighted by atomic mass is 10.0. The Labute approximate surface area is 193 Å². The number of carbonyl (C=O) groups is 2. The molecule has 0 aromatic heterocycles. The Morgan fingerprint density at radius 1 is 0.939 bits per heavy atom. The summed E-state index contributed by atoms with van der Waals surface area (Å²) in [5, 5.41) is 5.70. The molecule has 2 N–H and O–H groups in total. The van der Waals surface area contributed by atoms with Gasteiger partial charge in [-0.05, 0) is 42.2 Å². The van der Waals surface area contributed by atoms with Crippen LogP contribution in [-0.4, -0.2) is 37.7 Å². The maximum atomic E-state index is 12.7. The fourth-order valence-electron chi connectivity index (χ4n) is 3.83. The van der Waals surface area contributed by atoms with Crippen LogP contribution in [0.25, 0.3) is 0 Å². The summed E-state index contributed by atoms with van der Waals surface area (Å²) in [4.78, 5) is 25.3. The molecule has 4 rings (SSSR count). The van der Waals surface area contributed by atoms with Crippen molar-refractivity contribution in [1.29, 1.82) is 0 Å². The molecule has 3 aromatic carbocycles. The molecule has 0 aliphatic carbocycles. The molecule has 6 nitrogen and oxygen atoms in total. The van der Waals surface area contributed by atoms with Crippen LogP contribution in [0.2, 0.25) is 0 Å². The van der Waals surface area contributed by atoms with E-state index in [9.17, 15) is 9.59 Å². The highest BCUT2D eigenvalue weighted by Gasteiger charge is 2.18. The van der Waals surface area contributed by atoms with Crippen LogP contribution in [0.15, 0.2) is 78.9 Å². The van der Waals surface area contributed by atoms with Crippen molar-refractivity contribution in [1.82, 2.24) is 5.32 Å². The maximum absolute atomic E-state index is 12.7. The molecule has 0 radical (unpaired) electrons. The predicted octanol–water partition coefficient (Wildman–Crippen LogP) is 4.20. The number of rotatable bonds is 9. The minimum atomic E-state index is -0.330. The van der Waals surface area contributed by atoms with Crippen LogP contribution in [0.3, 0.4) is 0 Å². The van der Waals surface area contributed by atoms with E-state index in [-0.39, 0.29) is 24.5 Å². The molecular formula is C27H28N2O4. The van der Waals surface area contributed by atoms with Gasteiger partial charge in [-0.15, -0.1) is 0 Å². The third-order valence-electron chi connectivity index (χ3n) is 5.53. The zero-order valence-corrected chi connectivity index (χ0v) is 18.5. The summed E-state index contributed by atoms with van der Waals surface area (Å²) in [6.45, 7) is 1.04. The van der Waals surface area contributed by atoms with Gasteiger partial charge < -0.3 is 20.1 Å². The second-order valence-corrected chi connectivity index (χ2v) is 8.00. The second kappa shape index (κ2) is 11.3. The number of carbonyl (C=O) groups excluding carboxylic acids is 2. The molecule has 6 heteroatoms. The quantitative estimate of drug-likeness (QED) is 0.519. The van der Waals surface area contributed by atoms with Gasteiger partial charge in [0.25, 0.3) is 11.8 Å². The number of amides is 2. The molecule has 2 amide bonds. The van der Waals surface area contributed by atoms with Crippen molar-refractivity contribution in [3.05, 3.63) is 95.6 Å². The minimum absolute atomic E-state index is 0.0556. The van der Waals surface area contributed by atoms with Gasteiger partial charge in [0.15, 0.2) is 6.61 Å². The van der Waals surface area contributed by atoms with Gasteiger partial charge in [0.05, 0.1) is 17.4 Å². The first-order chi connectivity index (χ1) is 16.2. The normalized spacial score (nSPS) is 15.1. The lowest BCUT2D eigenvalue weighted by Gasteiger charge is -2.15. The van der Waals surface area contributed by atoms with Gasteiger partial charge in [0.2, 0.25) is 0 Å². The summed E-state index contributed by atoms with van der Waals surface area (Å²) in [5.41, 5.74) is 3.04. The third-order valence-corrected chi connectivity index (χ3v) is 5.53. The van der Waals surface area contributed by atoms with E-state index in [2.05, 4.69) is 22.8 Å². The van der Waals surface area contributed by atoms with Crippen LogP contribution in [0.5, 0.6) is 5.75 Å². The molecule has 1 aliphatic rings. The first kappa shape index (κ1) is 22.6. The molecule has 0 spiro atoms. The van der Waals surface area contributed by atoms with Gasteiger partial charge in [-0.1, -0.05) is 60.7 Å². The molecule has 170 valence electrons. The van der Waals surface area contributed by atoms with Gasteiger partial charge >= 0.3 is 0 Å². The molecule has 33 heavy (non-hydrogen) atoms. The van der Waals surface area contributed by atoms with E-state index in [0.717, 1.165) is 25.0 Å². The summed E-state index contributed by atoms with van der Waals surface area (Å²) in [6.07, 6.45) is 2.73. The largest absolute Gasteiger partial charge is 0.483 e. The van der Waals surface area contributed by atoms with E-state index in [1.165, 1.54) is 5.56 Å². The molecule has 1 heterocycles. The number of hydrogen-bond acceptors (Lipinski definition) is 4. The smallest absolute Gasteiger partial charge is 0.262 e. The lowest BCUT2D eigenvalue weighted by molar-refractivity contribution is -0.118. The minimum Gasteiger partial charge on any atom is -0.483 e. The number of ether oxygens (including phenoxy) is 2. The number of nitrogens with one attached hydrogen (secondary N) is 2. The SMILES string of the molecule is O=C(COc1ccccc1Cc1ccccc1)Nc1ccccc1C(=O)NC[C@H]1CCCO1. The molecule has 3 aromatic rings. The van der Waals surface area contributed by atoms with Crippen molar-refractivity contribution in [3.8, 4) is 5.75 Å². The average molecular weight is 445 g/mol. The summed E-state index contributed by atoms with van der Waals surface area (Å²) in [6, 6.07) is 24.7. The number of benzene rings is 3. The number of para-hydroxylation sites is 2. The van der Waals surface area contributed by atoms with Crippen LogP contribution >= 0.6 is 0 Å². The van der Waals surface area contributed by atoms with E-state index in [0.29, 0.717) is 30.0 Å². The summed E-state index contributed by atoms with van der Waals surface area (Å²) in [5.74, 6) is 0.0958. The number of anilines is 1. The van der Waals surface area contributed by atoms with Crippen LogP contribution in [0, 0.1) is 0 Å². The fraction of sp³-hybridized carbons (Fsp3) is 0.259. The highest BCUT2D eigenvalue weighted by molar-refractivity contribution is 6.04. The zero-order chi connectivity index (χ0) is 22.9. The van der Waals surface area contributed by atoms with E-state index in [1.54, 1.807) is 24.3 Å². The van der Waals surface area contributed by atoms with Gasteiger partial charge in [-0.25, -0.2) is 0 Å². The highest BCUT2D eigenvalue weighted by Crippen LogP contribution is 2.22. The van der Waals surface area contributed by atoms with E-state index in [4.69, 9.17) is 9.47 Å². The van der Waals surface area contributed by atoms with Crippen molar-refractivity contribution < 1.29 is 19.1 Å². The molecule has 1 atom stereocenters. The van der Waals surface area contributed by atoms with Crippen molar-refractivity contribution in [2.75, 3.05) is 25.1 Å². The Morgan fingerprint density at radius 3 is 2.52 bits per heavy atom. The van der Waals surface area contributed by atoms with Crippen molar-refractivity contribution in [2.24, 2.45) is 0 Å². The Balaban J connectivity index is 1.35. The van der Waals surface area contributed by atoms with E-state index >= 15 is 0 Å². The molecule has 1 fully saturated rings. The van der Waals surface area contributed by atoms with Gasteiger partial charge in [0, 0.05) is 19.6 Å². The van der Waals surface area contributed by atoms with Gasteiger partial charge in [0.1, 0.15) is 5.75 Å². The van der Waals surface area contributed by atoms with Crippen molar-refractivity contribution in [2.45, 2.75) is 25.4 Å². The van der Waals surface area contributed by atoms with Crippen LogP contribution in [0.1, 0.15) is 34.3 Å². The Bertz CT molecular complexity index is 1080. The van der Waals surface area contributed by atoms with Crippen molar-refractivity contribution >= 4 is 17.5 Å². The third kappa shape index (κ3) is 6.43. The fourth-order valence-corrected chi connectivity index (χ4v) is 3.83. The van der Waals surface area contributed by atoms with Gasteiger partial charge in [-0.2, -0.15) is 0 Å². The molecule has 1 saturated heterocycles. The zero-order valence-electron chi connectivity index (χ0n) is 18.5. The van der Waals surface area contributed by atoms with E-state index in [1.807, 2.05) is 42.5 Å². The van der Waals surface area contributed by atoms with Crippen molar-refractivity contribution in [3.63, 3.8) is 0 Å². The highest BCUT2D eigenvalue weighted by atomic mass is 16.5. The van der Waals surface area contributed by atoms with Crippen LogP contribution in [-0.2, 0) is 16.0 Å². The average Bonchev–Trinajstić information content (AvgIpc) is 3.37. The Kier molecular flexibility index (Phi) is 7.72. The first-order valence-corrected chi connectivity index (χ1v) is 11.2. The predicted molar refractivity (Wildman–Crippen MR) is 128 cm³/mol. The molecule has 0 unspecified atom stereocenters. The summed E-state index contributed by atoms with van der Waals surface area (Å²) in [7, 11) is 0. The number of hydrogen-bond donors (Lipinski definition) is 2. The lowest BCUT2D eigenvalue weighted by Crippen LogP contribution is -2.32. The standard InChI is InChI=1S/C27H28N2O4/c30-26(19-33-25-15-7-4-11-21(25)17-20-9-2-1-3-10-20)29-24-14-6-5-13-23(24)27(31)28-18-22-12-8-16-32-22/h1-7,9-11,13-15,22H,8,12,16-19H2,(H,28,31)(H,29,30)/t22-/m1/s1. The van der Waals surface area contributed by atoms with Crippen LogP contribution in [0.4, 0.5) is 5.69 Å². The Hall–Kier alpha value is -3.64. The second-order valence-electron chi connectivity index (χ2n) is 8.00. The van der Waals surface area contributed by atoms with Gasteiger partial charge in [-0.3, -0.25) is 9.59 Å². The molecule has 0 bridgehead atoms. The first-order valence-electron chi connectivity index (χ1n) is 11.2. The summed E-state index contributed by atoms with van der Waals surface area (Å²) < 4.78 is 11.4. The summed E-state index contributed by atoms with van der Waals surface area (Å²) >= 11 is 0. The molecule has 0 saturated carbocycles. The van der Waals surface area contributed by atoms with E-state index < -0.39 is 0 Å².